The van der Waals surface area contributed by atoms with Crippen molar-refractivity contribution in [1.82, 2.24) is 10.2 Å². The number of allylic oxidation sites excluding steroid dienone is 1. The molecule has 0 radical (unpaired) electrons. The lowest BCUT2D eigenvalue weighted by Crippen LogP contribution is -2.42. The van der Waals surface area contributed by atoms with Gasteiger partial charge in [0.2, 0.25) is 0 Å². The number of nitrogens with one attached hydrogen (secondary N) is 1. The van der Waals surface area contributed by atoms with Gasteiger partial charge in [0.25, 0.3) is 0 Å². The van der Waals surface area contributed by atoms with E-state index in [4.69, 9.17) is 4.99 Å². The Morgan fingerprint density at radius 2 is 1.84 bits per heavy atom. The predicted octanol–water partition coefficient (Wildman–Crippen LogP) is 5.44. The highest BCUT2D eigenvalue weighted by molar-refractivity contribution is 5.98. The number of hydrogen-bond acceptors (Lipinski definition) is 3. The Kier molecular flexibility index (Phi) is 6.56. The van der Waals surface area contributed by atoms with Gasteiger partial charge in [-0.3, -0.25) is 9.89 Å². The number of aliphatic imine (C=N–C) groups is 1. The smallest absolute Gasteiger partial charge is 0.0433 e. The molecule has 2 fully saturated rings. The zero-order valence-corrected chi connectivity index (χ0v) is 19.7. The summed E-state index contributed by atoms with van der Waals surface area (Å²) in [7, 11) is 0. The molecule has 32 heavy (non-hydrogen) atoms. The number of benzene rings is 2. The van der Waals surface area contributed by atoms with Crippen molar-refractivity contribution in [1.29, 1.82) is 0 Å². The number of hydrogen-bond donors (Lipinski definition) is 1. The Labute approximate surface area is 193 Å². The van der Waals surface area contributed by atoms with Crippen molar-refractivity contribution in [2.45, 2.75) is 52.0 Å². The maximum atomic E-state index is 4.97. The normalized spacial score (nSPS) is 23.2. The topological polar surface area (TPSA) is 27.6 Å². The van der Waals surface area contributed by atoms with Gasteiger partial charge in [0.1, 0.15) is 0 Å². The minimum absolute atomic E-state index is 0.801. The average Bonchev–Trinajstić information content (AvgIpc) is 3.62. The lowest BCUT2D eigenvalue weighted by Gasteiger charge is -2.27. The lowest BCUT2D eigenvalue weighted by atomic mass is 9.93. The van der Waals surface area contributed by atoms with Crippen LogP contribution in [0.5, 0.6) is 0 Å². The van der Waals surface area contributed by atoms with Crippen molar-refractivity contribution in [3.8, 4) is 0 Å². The van der Waals surface area contributed by atoms with E-state index < -0.39 is 0 Å². The summed E-state index contributed by atoms with van der Waals surface area (Å²) >= 11 is 0. The van der Waals surface area contributed by atoms with E-state index in [0.29, 0.717) is 0 Å². The van der Waals surface area contributed by atoms with Crippen molar-refractivity contribution in [3.05, 3.63) is 76.4 Å². The first-order valence-electron chi connectivity index (χ1n) is 12.6. The standard InChI is InChI=1S/C29H37N3/c1-3-22-6-11-27-28(18-22)25(9-10-26-19-29(26)27)12-13-31-21(2)24-7-4-23(5-8-24)20-32-16-14-30-15-17-32/h4-9,11,18,26,29-30H,3,10,12-17,19-20H2,1-2H3. The van der Waals surface area contributed by atoms with E-state index in [2.05, 4.69) is 72.6 Å². The maximum absolute atomic E-state index is 4.97. The molecular weight excluding hydrogens is 390 g/mol. The van der Waals surface area contributed by atoms with Gasteiger partial charge in [-0.05, 0) is 77.8 Å². The van der Waals surface area contributed by atoms with Crippen LogP contribution in [-0.4, -0.2) is 43.3 Å². The third kappa shape index (κ3) is 4.89. The summed E-state index contributed by atoms with van der Waals surface area (Å²) in [5.74, 6) is 1.68. The SMILES string of the molecule is CCc1ccc2c(c1)C(CCN=C(C)c1ccc(CN3CCNCC3)cc1)=CCC1CC21. The van der Waals surface area contributed by atoms with Crippen LogP contribution in [0.3, 0.4) is 0 Å². The fourth-order valence-electron chi connectivity index (χ4n) is 5.37. The molecule has 2 aromatic rings. The van der Waals surface area contributed by atoms with Crippen LogP contribution in [0.1, 0.15) is 66.8 Å². The number of piperazine rings is 1. The fraction of sp³-hybridized carbons (Fsp3) is 0.483. The molecule has 0 bridgehead atoms. The summed E-state index contributed by atoms with van der Waals surface area (Å²) in [6, 6.07) is 16.3. The van der Waals surface area contributed by atoms with Gasteiger partial charge in [-0.1, -0.05) is 55.5 Å². The second kappa shape index (κ2) is 9.72. The largest absolute Gasteiger partial charge is 0.314 e. The first kappa shape index (κ1) is 21.6. The van der Waals surface area contributed by atoms with Crippen molar-refractivity contribution >= 4 is 11.3 Å². The number of nitrogens with zero attached hydrogens (tertiary/aromatic N) is 2. The van der Waals surface area contributed by atoms with Crippen LogP contribution in [-0.2, 0) is 13.0 Å². The molecule has 3 aliphatic rings. The van der Waals surface area contributed by atoms with E-state index in [1.807, 2.05) is 0 Å². The molecule has 3 nitrogen and oxygen atoms in total. The number of fused-ring (bicyclic) bond motifs is 3. The second-order valence-electron chi connectivity index (χ2n) is 9.78. The van der Waals surface area contributed by atoms with E-state index in [1.165, 1.54) is 40.7 Å². The molecule has 0 amide bonds. The third-order valence-electron chi connectivity index (χ3n) is 7.58. The van der Waals surface area contributed by atoms with E-state index in [1.54, 1.807) is 5.56 Å². The molecule has 3 heteroatoms. The molecule has 0 spiro atoms. The van der Waals surface area contributed by atoms with Crippen LogP contribution in [0.15, 0.2) is 53.5 Å². The Hall–Kier alpha value is -2.23. The molecule has 5 rings (SSSR count). The highest BCUT2D eigenvalue weighted by Gasteiger charge is 2.40. The molecule has 2 aliphatic carbocycles. The van der Waals surface area contributed by atoms with Gasteiger partial charge in [0.05, 0.1) is 0 Å². The van der Waals surface area contributed by atoms with Crippen LogP contribution < -0.4 is 5.32 Å². The van der Waals surface area contributed by atoms with Crippen LogP contribution in [0, 0.1) is 5.92 Å². The van der Waals surface area contributed by atoms with E-state index in [9.17, 15) is 0 Å². The summed E-state index contributed by atoms with van der Waals surface area (Å²) in [4.78, 5) is 7.49. The molecule has 0 aromatic heterocycles. The Morgan fingerprint density at radius 3 is 2.62 bits per heavy atom. The zero-order chi connectivity index (χ0) is 21.9. The molecule has 1 saturated heterocycles. The first-order valence-corrected chi connectivity index (χ1v) is 12.6. The van der Waals surface area contributed by atoms with Crippen LogP contribution in [0.4, 0.5) is 0 Å². The molecule has 2 atom stereocenters. The molecule has 168 valence electrons. The van der Waals surface area contributed by atoms with Gasteiger partial charge in [0.15, 0.2) is 0 Å². The Bertz CT molecular complexity index is 996. The van der Waals surface area contributed by atoms with Crippen LogP contribution in [0.2, 0.25) is 0 Å². The third-order valence-corrected chi connectivity index (χ3v) is 7.58. The van der Waals surface area contributed by atoms with Gasteiger partial charge in [-0.15, -0.1) is 0 Å². The Balaban J connectivity index is 1.22. The van der Waals surface area contributed by atoms with Gasteiger partial charge in [-0.25, -0.2) is 0 Å². The van der Waals surface area contributed by atoms with Crippen molar-refractivity contribution in [2.24, 2.45) is 10.9 Å². The van der Waals surface area contributed by atoms with Crippen molar-refractivity contribution in [3.63, 3.8) is 0 Å². The summed E-state index contributed by atoms with van der Waals surface area (Å²) < 4.78 is 0. The molecule has 2 aromatic carbocycles. The second-order valence-corrected chi connectivity index (χ2v) is 9.78. The fourth-order valence-corrected chi connectivity index (χ4v) is 5.37. The monoisotopic (exact) mass is 427 g/mol. The van der Waals surface area contributed by atoms with Gasteiger partial charge >= 0.3 is 0 Å². The van der Waals surface area contributed by atoms with Gasteiger partial charge in [-0.2, -0.15) is 0 Å². The van der Waals surface area contributed by atoms with Gasteiger partial charge < -0.3 is 5.32 Å². The molecule has 1 saturated carbocycles. The molecule has 1 heterocycles. The average molecular weight is 428 g/mol. The van der Waals surface area contributed by atoms with Crippen LogP contribution >= 0.6 is 0 Å². The van der Waals surface area contributed by atoms with E-state index in [0.717, 1.165) is 69.7 Å². The zero-order valence-electron chi connectivity index (χ0n) is 19.7. The highest BCUT2D eigenvalue weighted by atomic mass is 15.2. The minimum Gasteiger partial charge on any atom is -0.314 e. The van der Waals surface area contributed by atoms with E-state index in [-0.39, 0.29) is 0 Å². The minimum atomic E-state index is 0.801. The highest BCUT2D eigenvalue weighted by Crippen LogP contribution is 2.54. The maximum Gasteiger partial charge on any atom is 0.0433 e. The molecular formula is C29H37N3. The number of aryl methyl sites for hydroxylation is 1. The molecule has 1 aliphatic heterocycles. The van der Waals surface area contributed by atoms with Gasteiger partial charge in [0, 0.05) is 45.0 Å². The summed E-state index contributed by atoms with van der Waals surface area (Å²) in [6.45, 7) is 10.8. The lowest BCUT2D eigenvalue weighted by molar-refractivity contribution is 0.233. The predicted molar refractivity (Wildman–Crippen MR) is 136 cm³/mol. The molecule has 2 unspecified atom stereocenters. The van der Waals surface area contributed by atoms with Crippen molar-refractivity contribution < 1.29 is 0 Å². The summed E-state index contributed by atoms with van der Waals surface area (Å²) in [5, 5.41) is 3.43. The summed E-state index contributed by atoms with van der Waals surface area (Å²) in [6.07, 6.45) is 7.29. The quantitative estimate of drug-likeness (QED) is 0.596. The first-order chi connectivity index (χ1) is 15.7. The summed E-state index contributed by atoms with van der Waals surface area (Å²) in [5.41, 5.74) is 9.88. The van der Waals surface area contributed by atoms with Crippen molar-refractivity contribution in [2.75, 3.05) is 32.7 Å². The number of rotatable bonds is 7. The molecule has 1 N–H and O–H groups in total. The van der Waals surface area contributed by atoms with Crippen LogP contribution in [0.25, 0.3) is 5.57 Å². The van der Waals surface area contributed by atoms with E-state index >= 15 is 0 Å². The Morgan fingerprint density at radius 1 is 1.06 bits per heavy atom.